The molecule has 0 saturated heterocycles. The Kier molecular flexibility index (Phi) is 289. The Morgan fingerprint density at radius 2 is 0.238 bits per heavy atom. The van der Waals surface area contributed by atoms with Gasteiger partial charge in [-0.2, -0.15) is 39.1 Å². The smallest absolute Gasteiger partial charge is 0.870 e. The van der Waals surface area contributed by atoms with Crippen molar-refractivity contribution < 1.29 is 282 Å². The van der Waals surface area contributed by atoms with Crippen LogP contribution in [0.1, 0.15) is 0 Å². The summed E-state index contributed by atoms with van der Waals surface area (Å²) < 4.78 is 42.7. The van der Waals surface area contributed by atoms with Crippen LogP contribution in [-0.2, 0) is 159 Å². The van der Waals surface area contributed by atoms with Gasteiger partial charge in [-0.15, -0.1) is 0 Å². The predicted octanol–water partition coefficient (Wildman–Crippen LogP) is -18.3. The van der Waals surface area contributed by atoms with Crippen molar-refractivity contribution in [2.24, 2.45) is 0 Å². The zero-order chi connectivity index (χ0) is 22.5. The minimum Gasteiger partial charge on any atom is -0.870 e. The van der Waals surface area contributed by atoms with E-state index in [0.717, 1.165) is 0 Å². The van der Waals surface area contributed by atoms with Crippen molar-refractivity contribution in [3.63, 3.8) is 0 Å². The summed E-state index contributed by atoms with van der Waals surface area (Å²) in [7, 11) is -26.9. The molecule has 29 nitrogen and oxygen atoms in total. The molecule has 0 aliphatic rings. The van der Waals surface area contributed by atoms with E-state index < -0.39 is 39.1 Å². The van der Waals surface area contributed by atoms with Crippen LogP contribution in [0, 0.1) is 0 Å². The van der Waals surface area contributed by atoms with E-state index in [4.69, 9.17) is 96.2 Å². The third-order valence-corrected chi connectivity index (χ3v) is 0. The van der Waals surface area contributed by atoms with Crippen LogP contribution in [0.4, 0.5) is 0 Å². The molecule has 42 heavy (non-hydrogen) atoms. The number of hydrogen-bond acceptors (Lipinski definition) is 25. The van der Waals surface area contributed by atoms with E-state index in [1.807, 2.05) is 0 Å². The topological polar surface area (TPSA) is 707 Å². The second-order valence-electron chi connectivity index (χ2n) is 2.24. The average molecular weight is 1110 g/mol. The molecule has 0 fully saturated rings. The Bertz CT molecular complexity index is 405. The van der Waals surface area contributed by atoms with Crippen LogP contribution < -0.4 is 73.4 Å². The van der Waals surface area contributed by atoms with Crippen molar-refractivity contribution in [1.82, 2.24) is 0 Å². The Morgan fingerprint density at radius 1 is 0.238 bits per heavy atom. The molecule has 0 aromatic heterocycles. The van der Waals surface area contributed by atoms with Crippen LogP contribution in [-0.4, -0.2) is 49.3 Å². The fraction of sp³-hybridized carbons (Fsp3) is 0. The fourth-order valence-electron chi connectivity index (χ4n) is 0. The summed E-state index contributed by atoms with van der Waals surface area (Å²) in [5, 5.41) is 0. The van der Waals surface area contributed by atoms with Crippen molar-refractivity contribution in [2.45, 2.75) is 0 Å². The van der Waals surface area contributed by atoms with Gasteiger partial charge < -0.3 is 146 Å². The minimum atomic E-state index is -5.39. The molecule has 0 saturated carbocycles. The Hall–Kier alpha value is 4.35. The first kappa shape index (κ1) is 161. The SMILES string of the molecule is O.O.O.O.O=P([O-])([O-])[O-].O=P([O-])([O-])[O-].O=P([O-])([O-])[O-].O=P([O-])([O-])[O-].O=P([O-])([O-])[O-].[Cu+2].[Cu+2].[Cu+2].[Cu+2].[Fe+3].[Fe+3].[Fe+3].[Fe+3].[OH-].[OH-].[OH-].[OH-].[OH-]. The summed E-state index contributed by atoms with van der Waals surface area (Å²) in [4.78, 5) is 128. The molecule has 0 amide bonds. The first-order valence-electron chi connectivity index (χ1n) is 3.65. The Balaban J connectivity index is -0.00000000541. The van der Waals surface area contributed by atoms with Crippen molar-refractivity contribution in [1.29, 1.82) is 0 Å². The van der Waals surface area contributed by atoms with Crippen LogP contribution in [0.2, 0.25) is 0 Å². The largest absolute Gasteiger partial charge is 3.00 e. The average Bonchev–Trinajstić information content (AvgIpc) is 1.79. The minimum absolute atomic E-state index is 0. The third-order valence-electron chi connectivity index (χ3n) is 0. The van der Waals surface area contributed by atoms with Gasteiger partial charge in [-0.3, -0.25) is 0 Å². The Labute approximate surface area is 318 Å². The molecule has 13 N–H and O–H groups in total. The standard InChI is InChI=1S/4Cu.4Fe.5H3O4P.9H2O/c;;;;;;;;5*1-5(2,3)4;;;;;;;;;/h;;;;;;;;5*(H3,1,2,3,4);9*1H2/q4*+2;4*+3;;;;;;;;;;;;;;/p-20. The molecule has 0 aromatic carbocycles. The quantitative estimate of drug-likeness (QED) is 0.161. The number of rotatable bonds is 0. The fourth-order valence-corrected chi connectivity index (χ4v) is 0. The van der Waals surface area contributed by atoms with E-state index in [1.54, 1.807) is 0 Å². The van der Waals surface area contributed by atoms with E-state index in [9.17, 15) is 0 Å². The summed E-state index contributed by atoms with van der Waals surface area (Å²) >= 11 is 0. The van der Waals surface area contributed by atoms with Gasteiger partial charge >= 0.3 is 137 Å². The van der Waals surface area contributed by atoms with Crippen LogP contribution >= 0.6 is 39.1 Å². The maximum atomic E-state index is 8.55. The van der Waals surface area contributed by atoms with Crippen LogP contribution in [0.15, 0.2) is 0 Å². The molecule has 288 valence electrons. The summed E-state index contributed by atoms with van der Waals surface area (Å²) in [5.41, 5.74) is 0. The van der Waals surface area contributed by atoms with Crippen molar-refractivity contribution in [3.8, 4) is 0 Å². The molecule has 0 unspecified atom stereocenters. The molecule has 0 aromatic rings. The van der Waals surface area contributed by atoms with Crippen molar-refractivity contribution in [3.05, 3.63) is 0 Å². The predicted molar refractivity (Wildman–Crippen MR) is 62.2 cm³/mol. The van der Waals surface area contributed by atoms with Gasteiger partial charge in [-0.05, 0) is 0 Å². The number of phosphoric acid groups is 5. The molecular weight excluding hydrogens is 1100 g/mol. The first-order chi connectivity index (χ1) is 10.0. The molecule has 8 radical (unpaired) electrons. The van der Waals surface area contributed by atoms with Gasteiger partial charge in [0.15, 0.2) is 0 Å². The molecule has 0 rings (SSSR count). The summed E-state index contributed by atoms with van der Waals surface area (Å²) in [6.45, 7) is 0. The molecule has 0 bridgehead atoms. The second kappa shape index (κ2) is 75.6. The third kappa shape index (κ3) is 4410. The van der Waals surface area contributed by atoms with E-state index in [-0.39, 0.29) is 186 Å². The Morgan fingerprint density at radius 3 is 0.238 bits per heavy atom. The van der Waals surface area contributed by atoms with Gasteiger partial charge in [-0.1, -0.05) is 0 Å². The van der Waals surface area contributed by atoms with E-state index in [2.05, 4.69) is 0 Å². The van der Waals surface area contributed by atoms with Crippen LogP contribution in [0.5, 0.6) is 0 Å². The van der Waals surface area contributed by atoms with Gasteiger partial charge in [0.25, 0.3) is 0 Å². The maximum absolute atomic E-state index is 8.55. The van der Waals surface area contributed by atoms with Crippen molar-refractivity contribution in [2.75, 3.05) is 0 Å². The molecular formula is H13Cu4Fe4O29P5. The molecule has 42 heteroatoms. The summed E-state index contributed by atoms with van der Waals surface area (Å²) in [6, 6.07) is 0. The van der Waals surface area contributed by atoms with Gasteiger partial charge in [-0.25, -0.2) is 0 Å². The van der Waals surface area contributed by atoms with E-state index >= 15 is 0 Å². The van der Waals surface area contributed by atoms with Gasteiger partial charge in [0, 0.05) is 0 Å². The van der Waals surface area contributed by atoms with Gasteiger partial charge in [0.05, 0.1) is 0 Å². The zero-order valence-corrected chi connectivity index (χ0v) is 29.9. The maximum Gasteiger partial charge on any atom is 3.00 e. The van der Waals surface area contributed by atoms with Gasteiger partial charge in [0.1, 0.15) is 0 Å². The second-order valence-corrected chi connectivity index (χ2v) is 6.71. The van der Waals surface area contributed by atoms with Crippen LogP contribution in [0.25, 0.3) is 0 Å². The molecule has 0 atom stereocenters. The monoisotopic (exact) mass is 1110 g/mol. The van der Waals surface area contributed by atoms with E-state index in [0.29, 0.717) is 0 Å². The molecule has 0 aliphatic carbocycles. The summed E-state index contributed by atoms with van der Waals surface area (Å²) in [5.74, 6) is 0. The molecule has 0 heterocycles. The first-order valence-corrected chi connectivity index (χ1v) is 11.0. The summed E-state index contributed by atoms with van der Waals surface area (Å²) in [6.07, 6.45) is 0. The van der Waals surface area contributed by atoms with E-state index in [1.165, 1.54) is 0 Å². The molecule has 0 spiro atoms. The zero-order valence-electron chi connectivity index (χ0n) is 17.3. The van der Waals surface area contributed by atoms with Crippen molar-refractivity contribution >= 4 is 39.1 Å². The number of hydrogen-bond donors (Lipinski definition) is 0. The molecule has 0 aliphatic heterocycles. The normalized spacial score (nSPS) is 7.02. The van der Waals surface area contributed by atoms with Crippen LogP contribution in [0.3, 0.4) is 0 Å². The van der Waals surface area contributed by atoms with Gasteiger partial charge in [0.2, 0.25) is 0 Å².